The van der Waals surface area contributed by atoms with Crippen LogP contribution in [0.4, 0.5) is 0 Å². The van der Waals surface area contributed by atoms with Crippen molar-refractivity contribution in [1.29, 1.82) is 0 Å². The Kier molecular flexibility index (Phi) is 5.90. The van der Waals surface area contributed by atoms with Gasteiger partial charge in [-0.25, -0.2) is 5.43 Å². The molecule has 0 spiro atoms. The number of carbonyl (C=O) groups excluding carboxylic acids is 1. The Morgan fingerprint density at radius 3 is 2.85 bits per heavy atom. The Labute approximate surface area is 165 Å². The smallest absolute Gasteiger partial charge is 0.264 e. The molecule has 1 N–H and O–H groups in total. The van der Waals surface area contributed by atoms with E-state index >= 15 is 0 Å². The number of amides is 1. The van der Waals surface area contributed by atoms with Crippen molar-refractivity contribution in [1.82, 2.24) is 10.4 Å². The second-order valence-corrected chi connectivity index (χ2v) is 6.84. The summed E-state index contributed by atoms with van der Waals surface area (Å²) in [5.41, 5.74) is 3.29. The van der Waals surface area contributed by atoms with E-state index in [1.54, 1.807) is 32.2 Å². The maximum absolute atomic E-state index is 12.4. The highest BCUT2D eigenvalue weighted by atomic mass is 79.9. The standard InChI is InChI=1S/C18H20BrN5O3/c1-11(24-15-7-5-4-6-14(15)21-23-24)18(25)22-20-10-12-8-13(19)17(27-3)16(9-12)26-2/h4-11,14-15H,1-3H3,(H,22,25)/b20-10-/t11-,14-,15+/m0/s1. The van der Waals surface area contributed by atoms with Gasteiger partial charge >= 0.3 is 0 Å². The van der Waals surface area contributed by atoms with Crippen molar-refractivity contribution in [3.05, 3.63) is 46.5 Å². The van der Waals surface area contributed by atoms with E-state index < -0.39 is 6.04 Å². The normalized spacial score (nSPS) is 21.4. The molecule has 0 saturated carbocycles. The first-order valence-electron chi connectivity index (χ1n) is 8.33. The lowest BCUT2D eigenvalue weighted by atomic mass is 10.0. The number of nitrogens with one attached hydrogen (secondary N) is 1. The van der Waals surface area contributed by atoms with Crippen LogP contribution >= 0.6 is 15.9 Å². The third-order valence-corrected chi connectivity index (χ3v) is 4.88. The molecule has 3 atom stereocenters. The molecule has 1 aliphatic heterocycles. The molecule has 1 aliphatic carbocycles. The maximum atomic E-state index is 12.4. The van der Waals surface area contributed by atoms with Crippen molar-refractivity contribution in [2.24, 2.45) is 15.4 Å². The van der Waals surface area contributed by atoms with Crippen LogP contribution in [0.15, 0.2) is 56.3 Å². The van der Waals surface area contributed by atoms with E-state index in [4.69, 9.17) is 9.47 Å². The maximum Gasteiger partial charge on any atom is 0.264 e. The molecule has 9 heteroatoms. The molecule has 0 radical (unpaired) electrons. The first kappa shape index (κ1) is 19.1. The van der Waals surface area contributed by atoms with Crippen LogP contribution in [-0.4, -0.2) is 49.5 Å². The lowest BCUT2D eigenvalue weighted by Gasteiger charge is -2.27. The Morgan fingerprint density at radius 1 is 1.33 bits per heavy atom. The van der Waals surface area contributed by atoms with E-state index in [0.717, 1.165) is 10.0 Å². The Hall–Kier alpha value is -2.68. The predicted octanol–water partition coefficient (Wildman–Crippen LogP) is 2.85. The Bertz CT molecular complexity index is 837. The fourth-order valence-corrected chi connectivity index (χ4v) is 3.47. The van der Waals surface area contributed by atoms with Crippen molar-refractivity contribution < 1.29 is 14.3 Å². The lowest BCUT2D eigenvalue weighted by molar-refractivity contribution is -0.126. The van der Waals surface area contributed by atoms with Gasteiger partial charge in [-0.05, 0) is 40.5 Å². The van der Waals surface area contributed by atoms with Crippen LogP contribution in [0.1, 0.15) is 12.5 Å². The Balaban J connectivity index is 1.64. The van der Waals surface area contributed by atoms with Crippen LogP contribution in [-0.2, 0) is 4.79 Å². The van der Waals surface area contributed by atoms with Gasteiger partial charge in [-0.3, -0.25) is 9.80 Å². The molecular weight excluding hydrogens is 414 g/mol. The highest BCUT2D eigenvalue weighted by Gasteiger charge is 2.35. The molecule has 0 unspecified atom stereocenters. The molecule has 1 heterocycles. The molecule has 2 aliphatic rings. The van der Waals surface area contributed by atoms with Crippen molar-refractivity contribution in [3.63, 3.8) is 0 Å². The summed E-state index contributed by atoms with van der Waals surface area (Å²) in [5, 5.41) is 14.0. The summed E-state index contributed by atoms with van der Waals surface area (Å²) in [6.45, 7) is 1.77. The van der Waals surface area contributed by atoms with E-state index in [0.29, 0.717) is 11.5 Å². The minimum absolute atomic E-state index is 0.0402. The number of halogens is 1. The van der Waals surface area contributed by atoms with Gasteiger partial charge in [-0.15, -0.1) is 0 Å². The highest BCUT2D eigenvalue weighted by Crippen LogP contribution is 2.35. The third kappa shape index (κ3) is 4.02. The molecule has 1 aromatic carbocycles. The molecule has 0 fully saturated rings. The van der Waals surface area contributed by atoms with Gasteiger partial charge in [-0.2, -0.15) is 10.2 Å². The molecule has 3 rings (SSSR count). The molecule has 1 amide bonds. The van der Waals surface area contributed by atoms with E-state index in [-0.39, 0.29) is 18.0 Å². The van der Waals surface area contributed by atoms with E-state index in [9.17, 15) is 4.79 Å². The molecular formula is C18H20BrN5O3. The zero-order chi connectivity index (χ0) is 19.4. The fourth-order valence-electron chi connectivity index (χ4n) is 2.85. The first-order valence-corrected chi connectivity index (χ1v) is 9.13. The minimum atomic E-state index is -0.505. The van der Waals surface area contributed by atoms with Crippen LogP contribution in [0.5, 0.6) is 11.5 Å². The number of hydrogen-bond acceptors (Lipinski definition) is 7. The third-order valence-electron chi connectivity index (χ3n) is 4.29. The highest BCUT2D eigenvalue weighted by molar-refractivity contribution is 9.10. The minimum Gasteiger partial charge on any atom is -0.493 e. The quantitative estimate of drug-likeness (QED) is 0.551. The molecule has 0 bridgehead atoms. The summed E-state index contributed by atoms with van der Waals surface area (Å²) in [6.07, 6.45) is 9.35. The molecule has 142 valence electrons. The summed E-state index contributed by atoms with van der Waals surface area (Å²) in [6, 6.07) is 2.99. The number of nitrogens with zero attached hydrogens (tertiary/aromatic N) is 4. The topological polar surface area (TPSA) is 87.9 Å². The zero-order valence-electron chi connectivity index (χ0n) is 15.2. The van der Waals surface area contributed by atoms with Gasteiger partial charge in [-0.1, -0.05) is 29.5 Å². The van der Waals surface area contributed by atoms with Crippen LogP contribution in [0.2, 0.25) is 0 Å². The van der Waals surface area contributed by atoms with Gasteiger partial charge in [0.25, 0.3) is 5.91 Å². The number of carbonyl (C=O) groups is 1. The zero-order valence-corrected chi connectivity index (χ0v) is 16.8. The molecule has 8 nitrogen and oxygen atoms in total. The second kappa shape index (κ2) is 8.34. The molecule has 1 aromatic rings. The monoisotopic (exact) mass is 433 g/mol. The van der Waals surface area contributed by atoms with Gasteiger partial charge in [0.05, 0.1) is 30.9 Å². The largest absolute Gasteiger partial charge is 0.493 e. The van der Waals surface area contributed by atoms with Crippen molar-refractivity contribution in [2.45, 2.75) is 25.0 Å². The number of hydrazone groups is 1. The SMILES string of the molecule is COc1cc(/C=N\NC(=O)[C@H](C)N2N=N[C@H]3C=CC=C[C@H]32)cc(Br)c1OC. The van der Waals surface area contributed by atoms with E-state index in [1.165, 1.54) is 6.21 Å². The number of rotatable bonds is 6. The number of hydrogen-bond donors (Lipinski definition) is 1. The second-order valence-electron chi connectivity index (χ2n) is 5.98. The fraction of sp³-hybridized carbons (Fsp3) is 0.333. The Morgan fingerprint density at radius 2 is 2.11 bits per heavy atom. The molecule has 27 heavy (non-hydrogen) atoms. The number of methoxy groups -OCH3 is 2. The van der Waals surface area contributed by atoms with Crippen LogP contribution in [0, 0.1) is 0 Å². The van der Waals surface area contributed by atoms with Gasteiger partial charge in [0.2, 0.25) is 0 Å². The first-order chi connectivity index (χ1) is 13.0. The predicted molar refractivity (Wildman–Crippen MR) is 105 cm³/mol. The number of allylic oxidation sites excluding steroid dienone is 2. The average molecular weight is 434 g/mol. The van der Waals surface area contributed by atoms with Crippen LogP contribution in [0.25, 0.3) is 0 Å². The van der Waals surface area contributed by atoms with Crippen LogP contribution < -0.4 is 14.9 Å². The van der Waals surface area contributed by atoms with E-state index in [1.807, 2.05) is 30.4 Å². The molecule has 0 aromatic heterocycles. The van der Waals surface area contributed by atoms with Crippen molar-refractivity contribution in [3.8, 4) is 11.5 Å². The van der Waals surface area contributed by atoms with Crippen molar-refractivity contribution in [2.75, 3.05) is 14.2 Å². The van der Waals surface area contributed by atoms with Gasteiger partial charge in [0.15, 0.2) is 11.5 Å². The van der Waals surface area contributed by atoms with Gasteiger partial charge in [0, 0.05) is 0 Å². The van der Waals surface area contributed by atoms with Crippen molar-refractivity contribution >= 4 is 28.1 Å². The number of benzene rings is 1. The summed E-state index contributed by atoms with van der Waals surface area (Å²) >= 11 is 3.42. The number of ether oxygens (including phenoxy) is 2. The van der Waals surface area contributed by atoms with E-state index in [2.05, 4.69) is 36.8 Å². The van der Waals surface area contributed by atoms with Gasteiger partial charge < -0.3 is 9.47 Å². The number of fused-ring (bicyclic) bond motifs is 1. The molecule has 0 saturated heterocycles. The summed E-state index contributed by atoms with van der Waals surface area (Å²) < 4.78 is 11.3. The summed E-state index contributed by atoms with van der Waals surface area (Å²) in [4.78, 5) is 12.4. The lowest BCUT2D eigenvalue weighted by Crippen LogP contribution is -2.46. The average Bonchev–Trinajstić information content (AvgIpc) is 3.10. The van der Waals surface area contributed by atoms with Crippen LogP contribution in [0.3, 0.4) is 0 Å². The summed E-state index contributed by atoms with van der Waals surface area (Å²) in [5.74, 6) is 0.887. The summed E-state index contributed by atoms with van der Waals surface area (Å²) in [7, 11) is 3.12. The van der Waals surface area contributed by atoms with Gasteiger partial charge in [0.1, 0.15) is 12.1 Å².